The van der Waals surface area contributed by atoms with Gasteiger partial charge in [-0.05, 0) is 47.8 Å². The summed E-state index contributed by atoms with van der Waals surface area (Å²) in [6.07, 6.45) is 3.75. The van der Waals surface area contributed by atoms with Gasteiger partial charge in [-0.25, -0.2) is 0 Å². The first-order chi connectivity index (χ1) is 7.83. The van der Waals surface area contributed by atoms with E-state index in [0.29, 0.717) is 5.92 Å². The van der Waals surface area contributed by atoms with E-state index in [1.807, 2.05) is 11.8 Å². The van der Waals surface area contributed by atoms with Gasteiger partial charge in [-0.2, -0.15) is 11.8 Å². The predicted molar refractivity (Wildman–Crippen MR) is 72.8 cm³/mol. The number of fused-ring (bicyclic) bond motifs is 1. The highest BCUT2D eigenvalue weighted by atomic mass is 32.2. The Hall–Kier alpha value is -0.470. The standard InChI is InChI=1S/C14H21NS/c1-2-16-10-9-12-8-7-11-5-3-4-6-13(11)14(12)15/h3-6,12,14H,2,7-10,15H2,1H3. The monoisotopic (exact) mass is 235 g/mol. The van der Waals surface area contributed by atoms with Crippen LogP contribution in [0, 0.1) is 5.92 Å². The number of thioether (sulfide) groups is 1. The highest BCUT2D eigenvalue weighted by molar-refractivity contribution is 7.99. The predicted octanol–water partition coefficient (Wildman–Crippen LogP) is 3.39. The Balaban J connectivity index is 2.00. The molecule has 0 bridgehead atoms. The lowest BCUT2D eigenvalue weighted by molar-refractivity contribution is 0.370. The van der Waals surface area contributed by atoms with E-state index in [0.717, 1.165) is 0 Å². The summed E-state index contributed by atoms with van der Waals surface area (Å²) in [5, 5.41) is 0. The van der Waals surface area contributed by atoms with Crippen LogP contribution in [0.4, 0.5) is 0 Å². The summed E-state index contributed by atoms with van der Waals surface area (Å²) in [6, 6.07) is 8.94. The Morgan fingerprint density at radius 2 is 2.19 bits per heavy atom. The molecule has 0 aromatic heterocycles. The van der Waals surface area contributed by atoms with Crippen LogP contribution in [0.15, 0.2) is 24.3 Å². The van der Waals surface area contributed by atoms with Crippen LogP contribution < -0.4 is 5.73 Å². The molecule has 0 amide bonds. The lowest BCUT2D eigenvalue weighted by Crippen LogP contribution is -2.27. The lowest BCUT2D eigenvalue weighted by Gasteiger charge is -2.31. The van der Waals surface area contributed by atoms with Gasteiger partial charge in [0.25, 0.3) is 0 Å². The normalized spacial score (nSPS) is 24.1. The molecule has 2 heteroatoms. The zero-order valence-electron chi connectivity index (χ0n) is 9.99. The Labute approximate surface area is 103 Å². The molecule has 16 heavy (non-hydrogen) atoms. The van der Waals surface area contributed by atoms with Crippen molar-refractivity contribution >= 4 is 11.8 Å². The summed E-state index contributed by atoms with van der Waals surface area (Å²) in [5.41, 5.74) is 9.22. The van der Waals surface area contributed by atoms with Gasteiger partial charge in [0, 0.05) is 6.04 Å². The zero-order chi connectivity index (χ0) is 11.4. The maximum absolute atomic E-state index is 6.36. The summed E-state index contributed by atoms with van der Waals surface area (Å²) >= 11 is 2.03. The molecule has 0 heterocycles. The van der Waals surface area contributed by atoms with Gasteiger partial charge in [0.15, 0.2) is 0 Å². The number of hydrogen-bond donors (Lipinski definition) is 1. The van der Waals surface area contributed by atoms with E-state index in [-0.39, 0.29) is 6.04 Å². The molecule has 2 N–H and O–H groups in total. The average molecular weight is 235 g/mol. The molecule has 2 atom stereocenters. The van der Waals surface area contributed by atoms with Crippen LogP contribution in [0.1, 0.15) is 36.9 Å². The molecule has 2 unspecified atom stereocenters. The minimum absolute atomic E-state index is 0.266. The SMILES string of the molecule is CCSCCC1CCc2ccccc2C1N. The molecule has 88 valence electrons. The minimum Gasteiger partial charge on any atom is -0.324 e. The highest BCUT2D eigenvalue weighted by Gasteiger charge is 2.25. The smallest absolute Gasteiger partial charge is 0.0326 e. The molecule has 0 radical (unpaired) electrons. The van der Waals surface area contributed by atoms with Crippen molar-refractivity contribution in [2.75, 3.05) is 11.5 Å². The van der Waals surface area contributed by atoms with E-state index in [1.54, 1.807) is 0 Å². The van der Waals surface area contributed by atoms with Crippen molar-refractivity contribution in [2.24, 2.45) is 11.7 Å². The van der Waals surface area contributed by atoms with Crippen LogP contribution in [-0.4, -0.2) is 11.5 Å². The quantitative estimate of drug-likeness (QED) is 0.810. The molecule has 0 saturated carbocycles. The third kappa shape index (κ3) is 2.61. The van der Waals surface area contributed by atoms with Crippen LogP contribution in [0.2, 0.25) is 0 Å². The van der Waals surface area contributed by atoms with Gasteiger partial charge in [0.2, 0.25) is 0 Å². The fourth-order valence-corrected chi connectivity index (χ4v) is 3.32. The summed E-state index contributed by atoms with van der Waals surface area (Å²) in [6.45, 7) is 2.22. The largest absolute Gasteiger partial charge is 0.324 e. The van der Waals surface area contributed by atoms with E-state index in [1.165, 1.54) is 41.9 Å². The molecule has 0 fully saturated rings. The highest BCUT2D eigenvalue weighted by Crippen LogP contribution is 2.35. The van der Waals surface area contributed by atoms with Crippen molar-refractivity contribution in [1.29, 1.82) is 0 Å². The Morgan fingerprint density at radius 3 is 3.00 bits per heavy atom. The summed E-state index contributed by atoms with van der Waals surface area (Å²) in [4.78, 5) is 0. The van der Waals surface area contributed by atoms with Crippen LogP contribution >= 0.6 is 11.8 Å². The van der Waals surface area contributed by atoms with Crippen LogP contribution in [0.25, 0.3) is 0 Å². The number of aryl methyl sites for hydroxylation is 1. The van der Waals surface area contributed by atoms with E-state index in [2.05, 4.69) is 31.2 Å². The first-order valence-electron chi connectivity index (χ1n) is 6.24. The average Bonchev–Trinajstić information content (AvgIpc) is 2.33. The molecule has 1 aliphatic rings. The Morgan fingerprint density at radius 1 is 1.38 bits per heavy atom. The number of nitrogens with two attached hydrogens (primary N) is 1. The molecule has 1 aromatic carbocycles. The second kappa shape index (κ2) is 5.74. The van der Waals surface area contributed by atoms with Gasteiger partial charge in [-0.3, -0.25) is 0 Å². The van der Waals surface area contributed by atoms with Gasteiger partial charge >= 0.3 is 0 Å². The van der Waals surface area contributed by atoms with Crippen LogP contribution in [-0.2, 0) is 6.42 Å². The number of rotatable bonds is 4. The van der Waals surface area contributed by atoms with E-state index in [9.17, 15) is 0 Å². The van der Waals surface area contributed by atoms with Crippen molar-refractivity contribution in [2.45, 2.75) is 32.2 Å². The van der Waals surface area contributed by atoms with Crippen LogP contribution in [0.5, 0.6) is 0 Å². The minimum atomic E-state index is 0.266. The van der Waals surface area contributed by atoms with E-state index >= 15 is 0 Å². The second-order valence-corrected chi connectivity index (χ2v) is 5.90. The van der Waals surface area contributed by atoms with Crippen molar-refractivity contribution in [3.8, 4) is 0 Å². The first-order valence-corrected chi connectivity index (χ1v) is 7.39. The van der Waals surface area contributed by atoms with Crippen LogP contribution in [0.3, 0.4) is 0 Å². The van der Waals surface area contributed by atoms with Gasteiger partial charge in [0.05, 0.1) is 0 Å². The van der Waals surface area contributed by atoms with Gasteiger partial charge in [0.1, 0.15) is 0 Å². The molecule has 0 saturated heterocycles. The summed E-state index contributed by atoms with van der Waals surface area (Å²) < 4.78 is 0. The van der Waals surface area contributed by atoms with Gasteiger partial charge in [-0.1, -0.05) is 31.2 Å². The Bertz CT molecular complexity index is 337. The molecular formula is C14H21NS. The van der Waals surface area contributed by atoms with Gasteiger partial charge < -0.3 is 5.73 Å². The number of benzene rings is 1. The lowest BCUT2D eigenvalue weighted by atomic mass is 9.79. The molecule has 1 nitrogen and oxygen atoms in total. The molecule has 0 aliphatic heterocycles. The van der Waals surface area contributed by atoms with E-state index in [4.69, 9.17) is 5.73 Å². The zero-order valence-corrected chi connectivity index (χ0v) is 10.8. The Kier molecular flexibility index (Phi) is 4.30. The van der Waals surface area contributed by atoms with E-state index < -0.39 is 0 Å². The van der Waals surface area contributed by atoms with Crippen molar-refractivity contribution < 1.29 is 0 Å². The fourth-order valence-electron chi connectivity index (χ4n) is 2.56. The molecule has 1 aromatic rings. The fraction of sp³-hybridized carbons (Fsp3) is 0.571. The molecule has 2 rings (SSSR count). The molecule has 1 aliphatic carbocycles. The molecule has 0 spiro atoms. The van der Waals surface area contributed by atoms with Crippen molar-refractivity contribution in [1.82, 2.24) is 0 Å². The number of hydrogen-bond acceptors (Lipinski definition) is 2. The van der Waals surface area contributed by atoms with Crippen molar-refractivity contribution in [3.05, 3.63) is 35.4 Å². The van der Waals surface area contributed by atoms with Crippen molar-refractivity contribution in [3.63, 3.8) is 0 Å². The topological polar surface area (TPSA) is 26.0 Å². The maximum Gasteiger partial charge on any atom is 0.0326 e. The van der Waals surface area contributed by atoms with Gasteiger partial charge in [-0.15, -0.1) is 0 Å². The molecular weight excluding hydrogens is 214 g/mol. The summed E-state index contributed by atoms with van der Waals surface area (Å²) in [5.74, 6) is 3.17. The maximum atomic E-state index is 6.36. The first kappa shape index (κ1) is 12.0. The summed E-state index contributed by atoms with van der Waals surface area (Å²) in [7, 11) is 0. The third-order valence-corrected chi connectivity index (χ3v) is 4.48. The second-order valence-electron chi connectivity index (χ2n) is 4.51. The third-order valence-electron chi connectivity index (χ3n) is 3.54.